The van der Waals surface area contributed by atoms with E-state index in [9.17, 15) is 4.79 Å². The van der Waals surface area contributed by atoms with Gasteiger partial charge in [0.05, 0.1) is 29.1 Å². The Balaban J connectivity index is 1.31. The number of aryl methyl sites for hydroxylation is 1. The number of rotatable bonds is 6. The molecule has 0 aliphatic carbocycles. The molecule has 2 N–H and O–H groups in total. The molecule has 8 nitrogen and oxygen atoms in total. The van der Waals surface area contributed by atoms with Gasteiger partial charge in [0.2, 0.25) is 0 Å². The van der Waals surface area contributed by atoms with E-state index in [0.717, 1.165) is 55.6 Å². The zero-order chi connectivity index (χ0) is 18.6. The third-order valence-corrected chi connectivity index (χ3v) is 5.19. The van der Waals surface area contributed by atoms with Crippen molar-refractivity contribution in [3.05, 3.63) is 42.0 Å². The number of nitrogens with one attached hydrogen (secondary N) is 2. The van der Waals surface area contributed by atoms with Crippen LogP contribution < -0.4 is 10.6 Å². The van der Waals surface area contributed by atoms with Crippen molar-refractivity contribution >= 4 is 16.9 Å². The Kier molecular flexibility index (Phi) is 5.15. The Morgan fingerprint density at radius 3 is 2.96 bits per heavy atom. The number of nitrogens with zero attached hydrogens (tertiary/aromatic N) is 5. The molecule has 3 heterocycles. The summed E-state index contributed by atoms with van der Waals surface area (Å²) in [5.74, 6) is -0.150. The molecule has 0 spiro atoms. The largest absolute Gasteiger partial charge is 0.351 e. The van der Waals surface area contributed by atoms with E-state index in [-0.39, 0.29) is 5.91 Å². The van der Waals surface area contributed by atoms with E-state index in [2.05, 4.69) is 36.6 Å². The lowest BCUT2D eigenvalue weighted by atomic mass is 10.1. The molecule has 2 aromatic heterocycles. The molecule has 1 saturated heterocycles. The number of benzene rings is 1. The minimum atomic E-state index is -0.150. The van der Waals surface area contributed by atoms with Gasteiger partial charge in [0.25, 0.3) is 5.91 Å². The Hall–Kier alpha value is -2.74. The van der Waals surface area contributed by atoms with Crippen LogP contribution in [0.15, 0.2) is 30.6 Å². The predicted octanol–water partition coefficient (Wildman–Crippen LogP) is 1.68. The van der Waals surface area contributed by atoms with Gasteiger partial charge in [0.1, 0.15) is 0 Å². The van der Waals surface area contributed by atoms with Crippen molar-refractivity contribution in [2.75, 3.05) is 19.6 Å². The van der Waals surface area contributed by atoms with Gasteiger partial charge in [0.15, 0.2) is 5.69 Å². The van der Waals surface area contributed by atoms with Crippen LogP contribution in [0.25, 0.3) is 11.0 Å². The maximum atomic E-state index is 12.5. The summed E-state index contributed by atoms with van der Waals surface area (Å²) in [6, 6.07) is 8.39. The van der Waals surface area contributed by atoms with Crippen molar-refractivity contribution in [3.63, 3.8) is 0 Å². The van der Waals surface area contributed by atoms with Crippen molar-refractivity contribution in [2.45, 2.75) is 38.8 Å². The van der Waals surface area contributed by atoms with Crippen LogP contribution in [0.2, 0.25) is 0 Å². The number of carbonyl (C=O) groups excluding carboxylic acids is 1. The average molecular weight is 367 g/mol. The molecule has 0 unspecified atom stereocenters. The number of fused-ring (bicyclic) bond motifs is 1. The van der Waals surface area contributed by atoms with Gasteiger partial charge in [0, 0.05) is 13.1 Å². The molecule has 4 rings (SSSR count). The van der Waals surface area contributed by atoms with E-state index < -0.39 is 0 Å². The maximum Gasteiger partial charge on any atom is 0.273 e. The molecule has 0 radical (unpaired) electrons. The fourth-order valence-electron chi connectivity index (χ4n) is 3.67. The zero-order valence-electron chi connectivity index (χ0n) is 15.6. The number of carbonyl (C=O) groups is 1. The van der Waals surface area contributed by atoms with E-state index in [0.29, 0.717) is 18.3 Å². The number of hydrogen-bond acceptors (Lipinski definition) is 5. The van der Waals surface area contributed by atoms with Crippen LogP contribution in [0.3, 0.4) is 0 Å². The number of amides is 1. The molecular formula is C19H25N7O. The number of hydrogen-bond donors (Lipinski definition) is 2. The number of aromatic nitrogens is 5. The second kappa shape index (κ2) is 7.87. The summed E-state index contributed by atoms with van der Waals surface area (Å²) >= 11 is 0. The summed E-state index contributed by atoms with van der Waals surface area (Å²) in [6.07, 6.45) is 4.71. The van der Waals surface area contributed by atoms with Crippen LogP contribution in [0.5, 0.6) is 0 Å². The molecule has 1 aliphatic rings. The minimum Gasteiger partial charge on any atom is -0.351 e. The van der Waals surface area contributed by atoms with Crippen LogP contribution in [0.4, 0.5) is 0 Å². The number of para-hydroxylation sites is 2. The topological polar surface area (TPSA) is 89.7 Å². The Morgan fingerprint density at radius 1 is 1.30 bits per heavy atom. The molecule has 0 saturated carbocycles. The first-order chi connectivity index (χ1) is 13.2. The molecule has 1 aliphatic heterocycles. The first-order valence-electron chi connectivity index (χ1n) is 9.54. The number of imidazole rings is 1. The highest BCUT2D eigenvalue weighted by molar-refractivity contribution is 5.93. The maximum absolute atomic E-state index is 12.5. The van der Waals surface area contributed by atoms with Crippen LogP contribution in [-0.4, -0.2) is 50.1 Å². The molecule has 8 heteroatoms. The first-order valence-corrected chi connectivity index (χ1v) is 9.54. The second-order valence-electron chi connectivity index (χ2n) is 6.99. The number of piperidine rings is 1. The highest BCUT2D eigenvalue weighted by Crippen LogP contribution is 2.20. The van der Waals surface area contributed by atoms with E-state index in [4.69, 9.17) is 0 Å². The van der Waals surface area contributed by atoms with Crippen LogP contribution in [0, 0.1) is 6.92 Å². The Labute approximate surface area is 158 Å². The highest BCUT2D eigenvalue weighted by Gasteiger charge is 2.22. The molecule has 1 amide bonds. The van der Waals surface area contributed by atoms with Gasteiger partial charge in [-0.2, -0.15) is 0 Å². The average Bonchev–Trinajstić information content (AvgIpc) is 3.29. The minimum absolute atomic E-state index is 0.150. The lowest BCUT2D eigenvalue weighted by molar-refractivity contribution is 0.0947. The van der Waals surface area contributed by atoms with Gasteiger partial charge in [-0.15, -0.1) is 5.10 Å². The monoisotopic (exact) mass is 367 g/mol. The molecule has 0 bridgehead atoms. The SMILES string of the molecule is Cc1c(C(=O)NCCCn2cnc3ccccc32)nnn1C1CCNCC1. The predicted molar refractivity (Wildman–Crippen MR) is 103 cm³/mol. The zero-order valence-corrected chi connectivity index (χ0v) is 15.6. The smallest absolute Gasteiger partial charge is 0.273 e. The summed E-state index contributed by atoms with van der Waals surface area (Å²) in [5.41, 5.74) is 3.39. The summed E-state index contributed by atoms with van der Waals surface area (Å²) in [6.45, 7) is 5.28. The molecule has 1 aromatic carbocycles. The van der Waals surface area contributed by atoms with Gasteiger partial charge < -0.3 is 15.2 Å². The quantitative estimate of drug-likeness (QED) is 0.647. The molecule has 1 fully saturated rings. The van der Waals surface area contributed by atoms with E-state index in [1.807, 2.05) is 36.1 Å². The van der Waals surface area contributed by atoms with Gasteiger partial charge >= 0.3 is 0 Å². The van der Waals surface area contributed by atoms with E-state index >= 15 is 0 Å². The fourth-order valence-corrected chi connectivity index (χ4v) is 3.67. The van der Waals surface area contributed by atoms with Crippen molar-refractivity contribution in [1.82, 2.24) is 35.2 Å². The summed E-state index contributed by atoms with van der Waals surface area (Å²) < 4.78 is 4.02. The summed E-state index contributed by atoms with van der Waals surface area (Å²) in [5, 5.41) is 14.7. The van der Waals surface area contributed by atoms with Crippen LogP contribution in [-0.2, 0) is 6.54 Å². The van der Waals surface area contributed by atoms with Crippen molar-refractivity contribution < 1.29 is 4.79 Å². The first kappa shape index (κ1) is 17.7. The third-order valence-electron chi connectivity index (χ3n) is 5.19. The molecule has 27 heavy (non-hydrogen) atoms. The summed E-state index contributed by atoms with van der Waals surface area (Å²) in [7, 11) is 0. The van der Waals surface area contributed by atoms with Gasteiger partial charge in [-0.1, -0.05) is 17.3 Å². The van der Waals surface area contributed by atoms with E-state index in [1.54, 1.807) is 0 Å². The lowest BCUT2D eigenvalue weighted by Gasteiger charge is -2.23. The van der Waals surface area contributed by atoms with E-state index in [1.165, 1.54) is 0 Å². The second-order valence-corrected chi connectivity index (χ2v) is 6.99. The van der Waals surface area contributed by atoms with Crippen LogP contribution >= 0.6 is 0 Å². The molecule has 142 valence electrons. The Bertz CT molecular complexity index is 923. The standard InChI is InChI=1S/C19H25N7O/c1-14-18(23-24-26(14)15-7-10-20-11-8-15)19(27)21-9-4-12-25-13-22-16-5-2-3-6-17(16)25/h2-3,5-6,13,15,20H,4,7-12H2,1H3,(H,21,27). The normalized spacial score (nSPS) is 15.3. The van der Waals surface area contributed by atoms with Crippen molar-refractivity contribution in [2.24, 2.45) is 0 Å². The van der Waals surface area contributed by atoms with Crippen LogP contribution in [0.1, 0.15) is 41.5 Å². The molecule has 0 atom stereocenters. The highest BCUT2D eigenvalue weighted by atomic mass is 16.2. The van der Waals surface area contributed by atoms with Crippen molar-refractivity contribution in [3.8, 4) is 0 Å². The van der Waals surface area contributed by atoms with Crippen molar-refractivity contribution in [1.29, 1.82) is 0 Å². The van der Waals surface area contributed by atoms with Gasteiger partial charge in [-0.05, 0) is 51.4 Å². The third kappa shape index (κ3) is 3.71. The fraction of sp³-hybridized carbons (Fsp3) is 0.474. The van der Waals surface area contributed by atoms with Gasteiger partial charge in [-0.3, -0.25) is 4.79 Å². The Morgan fingerprint density at radius 2 is 2.11 bits per heavy atom. The lowest BCUT2D eigenvalue weighted by Crippen LogP contribution is -2.30. The molecular weight excluding hydrogens is 342 g/mol. The summed E-state index contributed by atoms with van der Waals surface area (Å²) in [4.78, 5) is 16.9. The molecule has 3 aromatic rings. The van der Waals surface area contributed by atoms with Gasteiger partial charge in [-0.25, -0.2) is 9.67 Å².